The summed E-state index contributed by atoms with van der Waals surface area (Å²) in [6.45, 7) is 0. The Morgan fingerprint density at radius 3 is 2.63 bits per heavy atom. The average molecular weight is 374 g/mol. The van der Waals surface area contributed by atoms with Gasteiger partial charge in [0.15, 0.2) is 11.7 Å². The van der Waals surface area contributed by atoms with E-state index in [0.29, 0.717) is 21.3 Å². The summed E-state index contributed by atoms with van der Waals surface area (Å²) in [5, 5.41) is 19.0. The molecule has 2 heterocycles. The second kappa shape index (κ2) is 6.79. The molecule has 1 aliphatic carbocycles. The van der Waals surface area contributed by atoms with Crippen LogP contribution in [-0.4, -0.2) is 15.8 Å². The number of Topliss-reactive ketones (excluding diaryl/α,β-unsaturated/α-hetero) is 1. The zero-order valence-corrected chi connectivity index (χ0v) is 15.1. The minimum absolute atomic E-state index is 0.0722. The number of ketones is 1. The smallest absolute Gasteiger partial charge is 0.259 e. The van der Waals surface area contributed by atoms with Gasteiger partial charge < -0.3 is 4.98 Å². The number of carbonyl (C=O) groups is 1. The maximum absolute atomic E-state index is 12.8. The van der Waals surface area contributed by atoms with Crippen LogP contribution in [0.15, 0.2) is 29.1 Å². The molecule has 0 radical (unpaired) electrons. The fraction of sp³-hybridized carbons (Fsp3) is 0.250. The highest BCUT2D eigenvalue weighted by Gasteiger charge is 2.27. The first-order chi connectivity index (χ1) is 13.1. The predicted molar refractivity (Wildman–Crippen MR) is 101 cm³/mol. The van der Waals surface area contributed by atoms with Gasteiger partial charge >= 0.3 is 0 Å². The van der Waals surface area contributed by atoms with E-state index in [1.807, 2.05) is 12.1 Å². The third kappa shape index (κ3) is 2.92. The van der Waals surface area contributed by atoms with Gasteiger partial charge in [0, 0.05) is 10.4 Å². The Balaban J connectivity index is 1.77. The number of thiophene rings is 1. The van der Waals surface area contributed by atoms with E-state index in [0.717, 1.165) is 31.2 Å². The molecule has 1 aliphatic rings. The third-order valence-electron chi connectivity index (χ3n) is 4.81. The summed E-state index contributed by atoms with van der Waals surface area (Å²) in [6, 6.07) is 10.00. The number of benzene rings is 1. The highest BCUT2D eigenvalue weighted by molar-refractivity contribution is 7.18. The Labute approximate surface area is 158 Å². The van der Waals surface area contributed by atoms with Gasteiger partial charge in [0.05, 0.1) is 23.1 Å². The molecule has 0 spiro atoms. The van der Waals surface area contributed by atoms with Crippen molar-refractivity contribution in [2.75, 3.05) is 0 Å². The number of nitrogens with zero attached hydrogens (tertiary/aromatic N) is 3. The lowest BCUT2D eigenvalue weighted by Gasteiger charge is -2.10. The van der Waals surface area contributed by atoms with E-state index in [1.165, 1.54) is 40.5 Å². The van der Waals surface area contributed by atoms with Crippen molar-refractivity contribution in [3.63, 3.8) is 0 Å². The van der Waals surface area contributed by atoms with Crippen LogP contribution in [0.3, 0.4) is 0 Å². The van der Waals surface area contributed by atoms with Gasteiger partial charge in [-0.3, -0.25) is 9.59 Å². The Morgan fingerprint density at radius 2 is 1.93 bits per heavy atom. The van der Waals surface area contributed by atoms with Gasteiger partial charge in [0.2, 0.25) is 0 Å². The Morgan fingerprint density at radius 1 is 1.19 bits per heavy atom. The Kier molecular flexibility index (Phi) is 4.31. The molecule has 1 N–H and O–H groups in total. The minimum Gasteiger partial charge on any atom is -0.308 e. The molecule has 6 nitrogen and oxygen atoms in total. The van der Waals surface area contributed by atoms with Crippen LogP contribution in [0.25, 0.3) is 10.2 Å². The molecule has 2 aromatic heterocycles. The second-order valence-corrected chi connectivity index (χ2v) is 7.54. The lowest BCUT2D eigenvalue weighted by Crippen LogP contribution is -2.20. The van der Waals surface area contributed by atoms with E-state index in [1.54, 1.807) is 0 Å². The van der Waals surface area contributed by atoms with Gasteiger partial charge in [-0.2, -0.15) is 10.5 Å². The number of hydrogen-bond donors (Lipinski definition) is 1. The first kappa shape index (κ1) is 17.1. The van der Waals surface area contributed by atoms with Gasteiger partial charge in [-0.25, -0.2) is 4.98 Å². The number of nitriles is 2. The summed E-state index contributed by atoms with van der Waals surface area (Å²) in [5.74, 6) is -1.58. The molecular formula is C20H14N4O2S. The number of H-pyrrole nitrogens is 1. The monoisotopic (exact) mass is 374 g/mol. The van der Waals surface area contributed by atoms with Crippen molar-refractivity contribution in [2.24, 2.45) is 0 Å². The van der Waals surface area contributed by atoms with Crippen molar-refractivity contribution in [3.8, 4) is 12.1 Å². The zero-order valence-electron chi connectivity index (χ0n) is 14.3. The lowest BCUT2D eigenvalue weighted by atomic mass is 9.96. The van der Waals surface area contributed by atoms with Crippen molar-refractivity contribution in [2.45, 2.75) is 31.6 Å². The summed E-state index contributed by atoms with van der Waals surface area (Å²) < 4.78 is 0. The number of carbonyl (C=O) groups excluding carboxylic acids is 1. The zero-order chi connectivity index (χ0) is 19.0. The second-order valence-electron chi connectivity index (χ2n) is 6.46. The highest BCUT2D eigenvalue weighted by Crippen LogP contribution is 2.34. The summed E-state index contributed by atoms with van der Waals surface area (Å²) >= 11 is 1.48. The van der Waals surface area contributed by atoms with Crippen molar-refractivity contribution in [1.29, 1.82) is 10.5 Å². The molecule has 4 rings (SSSR count). The van der Waals surface area contributed by atoms with E-state index >= 15 is 0 Å². The quantitative estimate of drug-likeness (QED) is 0.708. The summed E-state index contributed by atoms with van der Waals surface area (Å²) in [5.41, 5.74) is 1.50. The molecule has 0 bridgehead atoms. The molecule has 132 valence electrons. The number of nitrogens with one attached hydrogen (secondary N) is 1. The van der Waals surface area contributed by atoms with Crippen LogP contribution in [0.1, 0.15) is 50.9 Å². The van der Waals surface area contributed by atoms with Gasteiger partial charge in [-0.15, -0.1) is 11.3 Å². The first-order valence-electron chi connectivity index (χ1n) is 8.61. The molecule has 0 aliphatic heterocycles. The Hall–Kier alpha value is -3.29. The van der Waals surface area contributed by atoms with Gasteiger partial charge in [0.25, 0.3) is 5.56 Å². The molecule has 1 aromatic carbocycles. The molecule has 1 unspecified atom stereocenters. The van der Waals surface area contributed by atoms with Crippen LogP contribution < -0.4 is 5.56 Å². The van der Waals surface area contributed by atoms with Crippen LogP contribution in [0.2, 0.25) is 0 Å². The number of fused-ring (bicyclic) bond motifs is 3. The largest absolute Gasteiger partial charge is 0.308 e. The maximum atomic E-state index is 12.8. The molecule has 0 saturated heterocycles. The third-order valence-corrected chi connectivity index (χ3v) is 5.99. The standard InChI is InChI=1S/C20H14N4O2S/c21-9-11-5-7-12(8-6-11)17(25)14(10-22)18-23-19(26)16-13-3-1-2-4-15(13)27-20(16)24-18/h5-8,14H,1-4H2,(H,23,24,26). The van der Waals surface area contributed by atoms with Crippen molar-refractivity contribution in [3.05, 3.63) is 62.0 Å². The van der Waals surface area contributed by atoms with Crippen molar-refractivity contribution < 1.29 is 4.79 Å². The minimum atomic E-state index is -1.20. The molecule has 7 heteroatoms. The molecule has 0 amide bonds. The molecule has 1 atom stereocenters. The van der Waals surface area contributed by atoms with Crippen LogP contribution in [0.5, 0.6) is 0 Å². The maximum Gasteiger partial charge on any atom is 0.259 e. The van der Waals surface area contributed by atoms with Crippen LogP contribution >= 0.6 is 11.3 Å². The predicted octanol–water partition coefficient (Wildman–Crippen LogP) is 3.23. The molecule has 0 saturated carbocycles. The van der Waals surface area contributed by atoms with E-state index in [9.17, 15) is 14.9 Å². The molecule has 27 heavy (non-hydrogen) atoms. The van der Waals surface area contributed by atoms with Crippen molar-refractivity contribution in [1.82, 2.24) is 9.97 Å². The summed E-state index contributed by atoms with van der Waals surface area (Å²) in [6.07, 6.45) is 3.96. The number of hydrogen-bond acceptors (Lipinski definition) is 6. The summed E-state index contributed by atoms with van der Waals surface area (Å²) in [4.78, 5) is 34.3. The number of aromatic amines is 1. The van der Waals surface area contributed by atoms with Crippen LogP contribution in [0, 0.1) is 22.7 Å². The number of aromatic nitrogens is 2. The van der Waals surface area contributed by atoms with E-state index in [4.69, 9.17) is 5.26 Å². The van der Waals surface area contributed by atoms with Gasteiger partial charge in [0.1, 0.15) is 10.7 Å². The lowest BCUT2D eigenvalue weighted by molar-refractivity contribution is 0.0976. The fourth-order valence-corrected chi connectivity index (χ4v) is 4.71. The molecule has 3 aromatic rings. The normalized spacial score (nSPS) is 14.1. The van der Waals surface area contributed by atoms with Crippen molar-refractivity contribution >= 4 is 27.3 Å². The van der Waals surface area contributed by atoms with E-state index in [-0.39, 0.29) is 11.4 Å². The SMILES string of the molecule is N#Cc1ccc(C(=O)C(C#N)c2nc3sc4c(c3c(=O)[nH]2)CCCC4)cc1. The van der Waals surface area contributed by atoms with E-state index < -0.39 is 11.7 Å². The van der Waals surface area contributed by atoms with Crippen LogP contribution in [-0.2, 0) is 12.8 Å². The number of aryl methyl sites for hydroxylation is 2. The van der Waals surface area contributed by atoms with E-state index in [2.05, 4.69) is 9.97 Å². The van der Waals surface area contributed by atoms with Gasteiger partial charge in [-0.1, -0.05) is 12.1 Å². The Bertz CT molecular complexity index is 1190. The average Bonchev–Trinajstić information content (AvgIpc) is 3.07. The molecule has 0 fully saturated rings. The topological polar surface area (TPSA) is 110 Å². The fourth-order valence-electron chi connectivity index (χ4n) is 3.44. The summed E-state index contributed by atoms with van der Waals surface area (Å²) in [7, 11) is 0. The van der Waals surface area contributed by atoms with Gasteiger partial charge in [-0.05, 0) is 43.4 Å². The highest BCUT2D eigenvalue weighted by atomic mass is 32.1. The number of rotatable bonds is 3. The van der Waals surface area contributed by atoms with Crippen LogP contribution in [0.4, 0.5) is 0 Å². The first-order valence-corrected chi connectivity index (χ1v) is 9.42. The molecular weight excluding hydrogens is 360 g/mol.